The average molecular weight is 208 g/mol. The van der Waals surface area contributed by atoms with E-state index in [0.717, 1.165) is 23.5 Å². The van der Waals surface area contributed by atoms with Gasteiger partial charge in [-0.15, -0.1) is 0 Å². The smallest absolute Gasteiger partial charge is 0.161 e. The van der Waals surface area contributed by atoms with E-state index in [4.69, 9.17) is 15.3 Å². The van der Waals surface area contributed by atoms with E-state index in [1.54, 1.807) is 0 Å². The maximum Gasteiger partial charge on any atom is 0.161 e. The van der Waals surface area contributed by atoms with Crippen LogP contribution in [0.3, 0.4) is 0 Å². The van der Waals surface area contributed by atoms with Crippen LogP contribution in [0.4, 0.5) is 0 Å². The van der Waals surface area contributed by atoms with Crippen molar-refractivity contribution in [2.24, 2.45) is 5.84 Å². The van der Waals surface area contributed by atoms with E-state index in [1.165, 1.54) is 0 Å². The minimum atomic E-state index is 0.167. The van der Waals surface area contributed by atoms with Crippen LogP contribution < -0.4 is 20.7 Å². The van der Waals surface area contributed by atoms with Crippen molar-refractivity contribution in [3.63, 3.8) is 0 Å². The van der Waals surface area contributed by atoms with Gasteiger partial charge in [0.2, 0.25) is 0 Å². The van der Waals surface area contributed by atoms with E-state index in [-0.39, 0.29) is 6.04 Å². The molecule has 0 aromatic heterocycles. The fourth-order valence-corrected chi connectivity index (χ4v) is 1.73. The van der Waals surface area contributed by atoms with Crippen molar-refractivity contribution in [1.82, 2.24) is 5.43 Å². The number of hydrogen-bond acceptors (Lipinski definition) is 4. The first-order valence-electron chi connectivity index (χ1n) is 5.21. The zero-order chi connectivity index (χ0) is 10.7. The maximum absolute atomic E-state index is 5.51. The molecule has 82 valence electrons. The lowest BCUT2D eigenvalue weighted by Crippen LogP contribution is -2.27. The minimum absolute atomic E-state index is 0.167. The number of fused-ring (bicyclic) bond motifs is 1. The molecule has 0 aliphatic carbocycles. The summed E-state index contributed by atoms with van der Waals surface area (Å²) in [7, 11) is 0. The standard InChI is InChI=1S/C11H16N2O2/c1-2-9(13-12)8-3-4-10-11(7-8)15-6-5-14-10/h3-4,7,9,13H,2,5-6,12H2,1H3. The lowest BCUT2D eigenvalue weighted by Gasteiger charge is -2.21. The molecule has 1 aromatic rings. The SMILES string of the molecule is CCC(NN)c1ccc2c(c1)OCCO2. The summed E-state index contributed by atoms with van der Waals surface area (Å²) >= 11 is 0. The van der Waals surface area contributed by atoms with Crippen LogP contribution in [0.5, 0.6) is 11.5 Å². The highest BCUT2D eigenvalue weighted by Crippen LogP contribution is 2.32. The molecule has 1 heterocycles. The molecule has 0 amide bonds. The number of hydrogen-bond donors (Lipinski definition) is 2. The van der Waals surface area contributed by atoms with Crippen LogP contribution in [-0.2, 0) is 0 Å². The van der Waals surface area contributed by atoms with Crippen molar-refractivity contribution >= 4 is 0 Å². The van der Waals surface area contributed by atoms with Gasteiger partial charge in [-0.05, 0) is 24.1 Å². The normalized spacial score (nSPS) is 16.1. The second-order valence-corrected chi connectivity index (χ2v) is 3.53. The van der Waals surface area contributed by atoms with Crippen LogP contribution in [0.25, 0.3) is 0 Å². The Morgan fingerprint density at radius 2 is 2.07 bits per heavy atom. The van der Waals surface area contributed by atoms with Gasteiger partial charge in [-0.1, -0.05) is 13.0 Å². The van der Waals surface area contributed by atoms with Gasteiger partial charge in [0.1, 0.15) is 13.2 Å². The summed E-state index contributed by atoms with van der Waals surface area (Å²) in [5, 5.41) is 0. The van der Waals surface area contributed by atoms with Gasteiger partial charge in [0.25, 0.3) is 0 Å². The molecule has 0 fully saturated rings. The number of hydrazine groups is 1. The molecule has 1 unspecified atom stereocenters. The van der Waals surface area contributed by atoms with Crippen LogP contribution in [0.2, 0.25) is 0 Å². The number of nitrogens with one attached hydrogen (secondary N) is 1. The molecule has 15 heavy (non-hydrogen) atoms. The van der Waals surface area contributed by atoms with E-state index >= 15 is 0 Å². The molecule has 1 aliphatic heterocycles. The first-order chi connectivity index (χ1) is 7.35. The van der Waals surface area contributed by atoms with Crippen LogP contribution in [0.15, 0.2) is 18.2 Å². The number of rotatable bonds is 3. The Labute approximate surface area is 89.3 Å². The molecular weight excluding hydrogens is 192 g/mol. The Hall–Kier alpha value is -1.26. The van der Waals surface area contributed by atoms with Crippen molar-refractivity contribution in [3.05, 3.63) is 23.8 Å². The average Bonchev–Trinajstić information content (AvgIpc) is 2.30. The summed E-state index contributed by atoms with van der Waals surface area (Å²) in [6.45, 7) is 3.32. The summed E-state index contributed by atoms with van der Waals surface area (Å²) < 4.78 is 11.0. The zero-order valence-electron chi connectivity index (χ0n) is 8.82. The molecule has 1 aromatic carbocycles. The Morgan fingerprint density at radius 3 is 2.73 bits per heavy atom. The third kappa shape index (κ3) is 2.06. The molecule has 4 heteroatoms. The summed E-state index contributed by atoms with van der Waals surface area (Å²) in [4.78, 5) is 0. The summed E-state index contributed by atoms with van der Waals surface area (Å²) in [6, 6.07) is 6.11. The lowest BCUT2D eigenvalue weighted by atomic mass is 10.0. The number of benzene rings is 1. The van der Waals surface area contributed by atoms with E-state index in [1.807, 2.05) is 18.2 Å². The molecular formula is C11H16N2O2. The lowest BCUT2D eigenvalue weighted by molar-refractivity contribution is 0.171. The first-order valence-corrected chi connectivity index (χ1v) is 5.21. The molecule has 0 saturated carbocycles. The summed E-state index contributed by atoms with van der Waals surface area (Å²) in [5.74, 6) is 7.10. The molecule has 3 N–H and O–H groups in total. The van der Waals surface area contributed by atoms with E-state index in [2.05, 4.69) is 12.3 Å². The number of nitrogens with two attached hydrogens (primary N) is 1. The topological polar surface area (TPSA) is 56.5 Å². The van der Waals surface area contributed by atoms with Gasteiger partial charge in [-0.2, -0.15) is 0 Å². The highest BCUT2D eigenvalue weighted by Gasteiger charge is 2.14. The Kier molecular flexibility index (Phi) is 3.08. The third-order valence-electron chi connectivity index (χ3n) is 2.58. The molecule has 4 nitrogen and oxygen atoms in total. The van der Waals surface area contributed by atoms with Gasteiger partial charge < -0.3 is 9.47 Å². The van der Waals surface area contributed by atoms with E-state index < -0.39 is 0 Å². The zero-order valence-corrected chi connectivity index (χ0v) is 8.82. The Morgan fingerprint density at radius 1 is 1.33 bits per heavy atom. The molecule has 2 rings (SSSR count). The van der Waals surface area contributed by atoms with Crippen molar-refractivity contribution in [3.8, 4) is 11.5 Å². The van der Waals surface area contributed by atoms with Crippen molar-refractivity contribution in [2.45, 2.75) is 19.4 Å². The first kappa shape index (κ1) is 10.3. The molecule has 1 aliphatic rings. The predicted molar refractivity (Wildman–Crippen MR) is 57.8 cm³/mol. The summed E-state index contributed by atoms with van der Waals surface area (Å²) in [6.07, 6.45) is 0.941. The fraction of sp³-hybridized carbons (Fsp3) is 0.455. The monoisotopic (exact) mass is 208 g/mol. The van der Waals surface area contributed by atoms with E-state index in [9.17, 15) is 0 Å². The highest BCUT2D eigenvalue weighted by atomic mass is 16.6. The predicted octanol–water partition coefficient (Wildman–Crippen LogP) is 1.37. The summed E-state index contributed by atoms with van der Waals surface area (Å²) in [5.41, 5.74) is 3.91. The molecule has 1 atom stereocenters. The largest absolute Gasteiger partial charge is 0.486 e. The van der Waals surface area contributed by atoms with Crippen molar-refractivity contribution < 1.29 is 9.47 Å². The van der Waals surface area contributed by atoms with Gasteiger partial charge in [-0.3, -0.25) is 11.3 Å². The second-order valence-electron chi connectivity index (χ2n) is 3.53. The van der Waals surface area contributed by atoms with E-state index in [0.29, 0.717) is 13.2 Å². The molecule has 0 saturated heterocycles. The van der Waals surface area contributed by atoms with Gasteiger partial charge in [0.05, 0.1) is 0 Å². The van der Waals surface area contributed by atoms with Gasteiger partial charge >= 0.3 is 0 Å². The second kappa shape index (κ2) is 4.51. The molecule has 0 spiro atoms. The van der Waals surface area contributed by atoms with Crippen molar-refractivity contribution in [2.75, 3.05) is 13.2 Å². The van der Waals surface area contributed by atoms with Gasteiger partial charge in [-0.25, -0.2) is 0 Å². The fourth-order valence-electron chi connectivity index (χ4n) is 1.73. The quantitative estimate of drug-likeness (QED) is 0.582. The van der Waals surface area contributed by atoms with Crippen LogP contribution in [-0.4, -0.2) is 13.2 Å². The van der Waals surface area contributed by atoms with Crippen LogP contribution in [0.1, 0.15) is 24.9 Å². The van der Waals surface area contributed by atoms with Gasteiger partial charge in [0, 0.05) is 6.04 Å². The highest BCUT2D eigenvalue weighted by molar-refractivity contribution is 5.44. The minimum Gasteiger partial charge on any atom is -0.486 e. The Bertz CT molecular complexity index is 337. The molecule has 0 radical (unpaired) electrons. The van der Waals surface area contributed by atoms with Crippen LogP contribution in [0, 0.1) is 0 Å². The maximum atomic E-state index is 5.51. The van der Waals surface area contributed by atoms with Gasteiger partial charge in [0.15, 0.2) is 11.5 Å². The van der Waals surface area contributed by atoms with Crippen LogP contribution >= 0.6 is 0 Å². The number of ether oxygens (including phenoxy) is 2. The van der Waals surface area contributed by atoms with Crippen molar-refractivity contribution in [1.29, 1.82) is 0 Å². The third-order valence-corrected chi connectivity index (χ3v) is 2.58. The molecule has 0 bridgehead atoms. The Balaban J connectivity index is 2.27.